The highest BCUT2D eigenvalue weighted by atomic mass is 16.5. The zero-order chi connectivity index (χ0) is 11.8. The van der Waals surface area contributed by atoms with E-state index in [0.29, 0.717) is 25.6 Å². The number of rotatable bonds is 5. The number of nitrogens with zero attached hydrogens (tertiary/aromatic N) is 1. The molecule has 6 heteroatoms. The Bertz CT molecular complexity index is 249. The Balaban J connectivity index is 2.06. The average molecular weight is 228 g/mol. The van der Waals surface area contributed by atoms with Crippen molar-refractivity contribution in [3.63, 3.8) is 0 Å². The fourth-order valence-electron chi connectivity index (χ4n) is 1.47. The molecular weight excluding hydrogens is 208 g/mol. The highest BCUT2D eigenvalue weighted by Gasteiger charge is 2.14. The predicted molar refractivity (Wildman–Crippen MR) is 62.1 cm³/mol. The number of hydrogen-bond donors (Lipinski definition) is 3. The van der Waals surface area contributed by atoms with Crippen LogP contribution in [-0.2, 0) is 9.53 Å². The first-order chi connectivity index (χ1) is 7.68. The number of aliphatic imine (C=N–C) groups is 1. The van der Waals surface area contributed by atoms with Gasteiger partial charge in [-0.2, -0.15) is 0 Å². The number of carbonyl (C=O) groups excluding carboxylic acids is 1. The summed E-state index contributed by atoms with van der Waals surface area (Å²) in [6.07, 6.45) is 2.38. The lowest BCUT2D eigenvalue weighted by atomic mass is 10.2. The minimum Gasteiger partial charge on any atom is -0.376 e. The average Bonchev–Trinajstić information content (AvgIpc) is 2.74. The number of ether oxygens (including phenoxy) is 1. The van der Waals surface area contributed by atoms with E-state index in [1.54, 1.807) is 0 Å². The van der Waals surface area contributed by atoms with E-state index in [1.807, 2.05) is 0 Å². The van der Waals surface area contributed by atoms with Crippen LogP contribution in [0.3, 0.4) is 0 Å². The van der Waals surface area contributed by atoms with Crippen LogP contribution in [0, 0.1) is 0 Å². The Morgan fingerprint density at radius 1 is 1.50 bits per heavy atom. The highest BCUT2D eigenvalue weighted by molar-refractivity contribution is 5.78. The third-order valence-electron chi connectivity index (χ3n) is 2.29. The smallest absolute Gasteiger partial charge is 0.216 e. The van der Waals surface area contributed by atoms with Gasteiger partial charge in [0.05, 0.1) is 12.6 Å². The number of hydrogen-bond acceptors (Lipinski definition) is 3. The SMILES string of the molecule is CC(=O)NCCNC(N)=NCC1CCCO1. The quantitative estimate of drug-likeness (QED) is 0.327. The number of carbonyl (C=O) groups is 1. The monoisotopic (exact) mass is 228 g/mol. The molecule has 1 fully saturated rings. The van der Waals surface area contributed by atoms with Crippen molar-refractivity contribution in [2.75, 3.05) is 26.2 Å². The van der Waals surface area contributed by atoms with Gasteiger partial charge in [0.2, 0.25) is 5.91 Å². The first-order valence-corrected chi connectivity index (χ1v) is 5.58. The maximum atomic E-state index is 10.6. The molecule has 1 rings (SSSR count). The Hall–Kier alpha value is -1.30. The summed E-state index contributed by atoms with van der Waals surface area (Å²) in [5.74, 6) is 0.359. The molecule has 1 amide bonds. The van der Waals surface area contributed by atoms with Crippen LogP contribution in [0.15, 0.2) is 4.99 Å². The Morgan fingerprint density at radius 2 is 2.25 bits per heavy atom. The maximum absolute atomic E-state index is 10.6. The van der Waals surface area contributed by atoms with Crippen molar-refractivity contribution in [2.45, 2.75) is 25.9 Å². The molecule has 6 nitrogen and oxygen atoms in total. The molecule has 0 aromatic carbocycles. The Morgan fingerprint density at radius 3 is 2.88 bits per heavy atom. The molecule has 1 atom stereocenters. The lowest BCUT2D eigenvalue weighted by Crippen LogP contribution is -2.38. The van der Waals surface area contributed by atoms with Crippen LogP contribution in [0.2, 0.25) is 0 Å². The summed E-state index contributed by atoms with van der Waals surface area (Å²) in [6, 6.07) is 0. The van der Waals surface area contributed by atoms with Gasteiger partial charge in [0.25, 0.3) is 0 Å². The van der Waals surface area contributed by atoms with Crippen molar-refractivity contribution in [1.29, 1.82) is 0 Å². The number of nitrogens with two attached hydrogens (primary N) is 1. The molecule has 16 heavy (non-hydrogen) atoms. The summed E-state index contributed by atoms with van der Waals surface area (Å²) < 4.78 is 5.41. The third-order valence-corrected chi connectivity index (χ3v) is 2.29. The van der Waals surface area contributed by atoms with Crippen molar-refractivity contribution in [3.05, 3.63) is 0 Å². The van der Waals surface area contributed by atoms with Gasteiger partial charge in [-0.05, 0) is 12.8 Å². The van der Waals surface area contributed by atoms with Gasteiger partial charge < -0.3 is 21.1 Å². The fourth-order valence-corrected chi connectivity index (χ4v) is 1.47. The molecule has 1 heterocycles. The predicted octanol–water partition coefficient (Wildman–Crippen LogP) is -0.794. The molecule has 0 aromatic rings. The molecule has 0 bridgehead atoms. The van der Waals surface area contributed by atoms with E-state index in [4.69, 9.17) is 10.5 Å². The molecule has 0 aromatic heterocycles. The second kappa shape index (κ2) is 7.05. The van der Waals surface area contributed by atoms with Gasteiger partial charge in [0, 0.05) is 26.6 Å². The summed E-state index contributed by atoms with van der Waals surface area (Å²) in [7, 11) is 0. The van der Waals surface area contributed by atoms with E-state index in [9.17, 15) is 4.79 Å². The lowest BCUT2D eigenvalue weighted by Gasteiger charge is -2.08. The zero-order valence-electron chi connectivity index (χ0n) is 9.66. The van der Waals surface area contributed by atoms with Gasteiger partial charge in [-0.1, -0.05) is 0 Å². The standard InChI is InChI=1S/C10H20N4O2/c1-8(15)12-4-5-13-10(11)14-7-9-3-2-6-16-9/h9H,2-7H2,1H3,(H,12,15)(H3,11,13,14). The number of guanidine groups is 1. The maximum Gasteiger partial charge on any atom is 0.216 e. The van der Waals surface area contributed by atoms with Crippen LogP contribution in [0.4, 0.5) is 0 Å². The highest BCUT2D eigenvalue weighted by Crippen LogP contribution is 2.11. The number of nitrogens with one attached hydrogen (secondary N) is 2. The summed E-state index contributed by atoms with van der Waals surface area (Å²) >= 11 is 0. The zero-order valence-corrected chi connectivity index (χ0v) is 9.66. The second-order valence-electron chi connectivity index (χ2n) is 3.77. The van der Waals surface area contributed by atoms with E-state index in [1.165, 1.54) is 6.92 Å². The first kappa shape index (κ1) is 12.8. The molecule has 1 unspecified atom stereocenters. The van der Waals surface area contributed by atoms with Crippen molar-refractivity contribution in [2.24, 2.45) is 10.7 Å². The minimum atomic E-state index is -0.0448. The number of amides is 1. The minimum absolute atomic E-state index is 0.0448. The summed E-state index contributed by atoms with van der Waals surface area (Å²) in [5.41, 5.74) is 5.64. The van der Waals surface area contributed by atoms with Gasteiger partial charge in [-0.25, -0.2) is 0 Å². The molecule has 0 spiro atoms. The van der Waals surface area contributed by atoms with Crippen molar-refractivity contribution in [1.82, 2.24) is 10.6 Å². The van der Waals surface area contributed by atoms with E-state index < -0.39 is 0 Å². The normalized spacial score (nSPS) is 20.8. The summed E-state index contributed by atoms with van der Waals surface area (Å²) in [4.78, 5) is 14.7. The Kier molecular flexibility index (Phi) is 5.63. The van der Waals surface area contributed by atoms with Crippen LogP contribution >= 0.6 is 0 Å². The lowest BCUT2D eigenvalue weighted by molar-refractivity contribution is -0.118. The molecule has 1 aliphatic heterocycles. The molecule has 0 aliphatic carbocycles. The second-order valence-corrected chi connectivity index (χ2v) is 3.77. The van der Waals surface area contributed by atoms with E-state index in [0.717, 1.165) is 19.4 Å². The van der Waals surface area contributed by atoms with Gasteiger partial charge in [0.15, 0.2) is 5.96 Å². The van der Waals surface area contributed by atoms with Crippen LogP contribution < -0.4 is 16.4 Å². The van der Waals surface area contributed by atoms with Crippen molar-refractivity contribution >= 4 is 11.9 Å². The first-order valence-electron chi connectivity index (χ1n) is 5.58. The molecular formula is C10H20N4O2. The molecule has 4 N–H and O–H groups in total. The fraction of sp³-hybridized carbons (Fsp3) is 0.800. The van der Waals surface area contributed by atoms with Crippen LogP contribution in [-0.4, -0.2) is 44.2 Å². The molecule has 92 valence electrons. The van der Waals surface area contributed by atoms with Crippen LogP contribution in [0.25, 0.3) is 0 Å². The van der Waals surface area contributed by atoms with Gasteiger partial charge >= 0.3 is 0 Å². The molecule has 1 saturated heterocycles. The molecule has 1 aliphatic rings. The van der Waals surface area contributed by atoms with Crippen LogP contribution in [0.5, 0.6) is 0 Å². The van der Waals surface area contributed by atoms with Gasteiger partial charge in [-0.3, -0.25) is 9.79 Å². The molecule has 0 radical (unpaired) electrons. The van der Waals surface area contributed by atoms with Gasteiger partial charge in [0.1, 0.15) is 0 Å². The van der Waals surface area contributed by atoms with E-state index in [-0.39, 0.29) is 12.0 Å². The third kappa shape index (κ3) is 5.55. The van der Waals surface area contributed by atoms with Crippen molar-refractivity contribution in [3.8, 4) is 0 Å². The van der Waals surface area contributed by atoms with E-state index in [2.05, 4.69) is 15.6 Å². The Labute approximate surface area is 95.6 Å². The van der Waals surface area contributed by atoms with E-state index >= 15 is 0 Å². The molecule has 0 saturated carbocycles. The summed E-state index contributed by atoms with van der Waals surface area (Å²) in [5, 5.41) is 5.58. The van der Waals surface area contributed by atoms with Gasteiger partial charge in [-0.15, -0.1) is 0 Å². The summed E-state index contributed by atoms with van der Waals surface area (Å²) in [6.45, 7) is 4.05. The largest absolute Gasteiger partial charge is 0.376 e. The van der Waals surface area contributed by atoms with Crippen molar-refractivity contribution < 1.29 is 9.53 Å². The van der Waals surface area contributed by atoms with Crippen LogP contribution in [0.1, 0.15) is 19.8 Å². The topological polar surface area (TPSA) is 88.7 Å².